The third-order valence-corrected chi connectivity index (χ3v) is 3.76. The Balaban J connectivity index is 2.31. The maximum Gasteiger partial charge on any atom is 0.311 e. The highest BCUT2D eigenvalue weighted by Gasteiger charge is 2.22. The van der Waals surface area contributed by atoms with Crippen LogP contribution in [0, 0.1) is 10.1 Å². The van der Waals surface area contributed by atoms with Crippen LogP contribution in [-0.2, 0) is 17.6 Å². The van der Waals surface area contributed by atoms with Crippen molar-refractivity contribution in [3.63, 3.8) is 0 Å². The Morgan fingerprint density at radius 2 is 1.78 bits per heavy atom. The molecule has 0 amide bonds. The predicted octanol–water partition coefficient (Wildman–Crippen LogP) is 3.27. The topological polar surface area (TPSA) is 101 Å². The molecule has 0 fully saturated rings. The molecule has 0 aliphatic rings. The summed E-state index contributed by atoms with van der Waals surface area (Å²) >= 11 is 0. The first-order chi connectivity index (χ1) is 10.9. The van der Waals surface area contributed by atoms with Gasteiger partial charge >= 0.3 is 11.7 Å². The van der Waals surface area contributed by atoms with Crippen molar-refractivity contribution in [2.45, 2.75) is 25.7 Å². The van der Waals surface area contributed by atoms with Crippen molar-refractivity contribution in [2.24, 2.45) is 0 Å². The monoisotopic (exact) mass is 315 g/mol. The SMILES string of the molecule is CCc1ccc(C(Cc2ccc(O)c([N+](=O)[O-])c2)C(=O)O)cc1. The smallest absolute Gasteiger partial charge is 0.311 e. The number of phenols is 1. The predicted molar refractivity (Wildman–Crippen MR) is 84.7 cm³/mol. The van der Waals surface area contributed by atoms with Crippen molar-refractivity contribution < 1.29 is 19.9 Å². The van der Waals surface area contributed by atoms with Crippen LogP contribution in [0.15, 0.2) is 42.5 Å². The number of nitrogens with zero attached hydrogens (tertiary/aromatic N) is 1. The fourth-order valence-corrected chi connectivity index (χ4v) is 2.41. The van der Waals surface area contributed by atoms with Crippen LogP contribution in [0.4, 0.5) is 5.69 Å². The Kier molecular flexibility index (Phi) is 4.95. The van der Waals surface area contributed by atoms with Crippen LogP contribution >= 0.6 is 0 Å². The van der Waals surface area contributed by atoms with Gasteiger partial charge in [0.1, 0.15) is 0 Å². The van der Waals surface area contributed by atoms with E-state index in [0.29, 0.717) is 11.1 Å². The van der Waals surface area contributed by atoms with E-state index in [1.54, 1.807) is 12.1 Å². The van der Waals surface area contributed by atoms with Crippen LogP contribution < -0.4 is 0 Å². The Labute approximate surface area is 133 Å². The highest BCUT2D eigenvalue weighted by atomic mass is 16.6. The third-order valence-electron chi connectivity index (χ3n) is 3.76. The molecule has 0 spiro atoms. The Morgan fingerprint density at radius 3 is 2.30 bits per heavy atom. The number of carbonyl (C=O) groups is 1. The van der Waals surface area contributed by atoms with Crippen molar-refractivity contribution in [3.05, 3.63) is 69.3 Å². The minimum atomic E-state index is -0.995. The summed E-state index contributed by atoms with van der Waals surface area (Å²) in [6, 6.07) is 11.2. The van der Waals surface area contributed by atoms with E-state index >= 15 is 0 Å². The minimum Gasteiger partial charge on any atom is -0.502 e. The number of carboxylic acids is 1. The lowest BCUT2D eigenvalue weighted by molar-refractivity contribution is -0.385. The molecule has 0 aliphatic carbocycles. The second-order valence-electron chi connectivity index (χ2n) is 5.27. The number of hydrogen-bond donors (Lipinski definition) is 2. The number of benzene rings is 2. The number of aryl methyl sites for hydroxylation is 1. The molecule has 2 N–H and O–H groups in total. The van der Waals surface area contributed by atoms with Crippen LogP contribution in [0.25, 0.3) is 0 Å². The van der Waals surface area contributed by atoms with E-state index in [2.05, 4.69) is 0 Å². The van der Waals surface area contributed by atoms with E-state index in [-0.39, 0.29) is 6.42 Å². The van der Waals surface area contributed by atoms with E-state index < -0.39 is 28.2 Å². The lowest BCUT2D eigenvalue weighted by Gasteiger charge is -2.13. The van der Waals surface area contributed by atoms with Gasteiger partial charge in [-0.2, -0.15) is 0 Å². The van der Waals surface area contributed by atoms with Gasteiger partial charge in [0, 0.05) is 6.07 Å². The van der Waals surface area contributed by atoms with E-state index in [1.807, 2.05) is 19.1 Å². The summed E-state index contributed by atoms with van der Waals surface area (Å²) in [6.07, 6.45) is 0.976. The molecule has 1 unspecified atom stereocenters. The van der Waals surface area contributed by atoms with Gasteiger partial charge in [0.15, 0.2) is 5.75 Å². The maximum absolute atomic E-state index is 11.6. The van der Waals surface area contributed by atoms with Crippen LogP contribution in [-0.4, -0.2) is 21.1 Å². The molecule has 6 nitrogen and oxygen atoms in total. The second kappa shape index (κ2) is 6.91. The van der Waals surface area contributed by atoms with Gasteiger partial charge in [0.05, 0.1) is 10.8 Å². The molecule has 23 heavy (non-hydrogen) atoms. The van der Waals surface area contributed by atoms with Crippen molar-refractivity contribution >= 4 is 11.7 Å². The normalized spacial score (nSPS) is 11.9. The highest BCUT2D eigenvalue weighted by Crippen LogP contribution is 2.29. The average molecular weight is 315 g/mol. The van der Waals surface area contributed by atoms with Gasteiger partial charge < -0.3 is 10.2 Å². The molecule has 2 rings (SSSR count). The zero-order valence-electron chi connectivity index (χ0n) is 12.6. The van der Waals surface area contributed by atoms with Gasteiger partial charge in [0.25, 0.3) is 0 Å². The number of hydrogen-bond acceptors (Lipinski definition) is 4. The van der Waals surface area contributed by atoms with E-state index in [1.165, 1.54) is 18.2 Å². The van der Waals surface area contributed by atoms with Crippen molar-refractivity contribution in [3.8, 4) is 5.75 Å². The number of aliphatic carboxylic acids is 1. The molecule has 0 saturated carbocycles. The second-order valence-corrected chi connectivity index (χ2v) is 5.27. The van der Waals surface area contributed by atoms with Gasteiger partial charge in [-0.3, -0.25) is 14.9 Å². The molecule has 0 aromatic heterocycles. The molecule has 2 aromatic rings. The average Bonchev–Trinajstić information content (AvgIpc) is 2.53. The van der Waals surface area contributed by atoms with Gasteiger partial charge in [-0.15, -0.1) is 0 Å². The van der Waals surface area contributed by atoms with Crippen LogP contribution in [0.5, 0.6) is 5.75 Å². The van der Waals surface area contributed by atoms with Gasteiger partial charge in [-0.1, -0.05) is 37.3 Å². The zero-order chi connectivity index (χ0) is 17.0. The zero-order valence-corrected chi connectivity index (χ0v) is 12.6. The summed E-state index contributed by atoms with van der Waals surface area (Å²) in [5.74, 6) is -2.23. The molecule has 0 radical (unpaired) electrons. The summed E-state index contributed by atoms with van der Waals surface area (Å²) in [5, 5.41) is 29.8. The summed E-state index contributed by atoms with van der Waals surface area (Å²) < 4.78 is 0. The number of carboxylic acid groups (broad SMARTS) is 1. The Hall–Kier alpha value is -2.89. The van der Waals surface area contributed by atoms with Crippen LogP contribution in [0.1, 0.15) is 29.5 Å². The van der Waals surface area contributed by atoms with Gasteiger partial charge in [-0.05, 0) is 35.6 Å². The fraction of sp³-hybridized carbons (Fsp3) is 0.235. The van der Waals surface area contributed by atoms with E-state index in [0.717, 1.165) is 12.0 Å². The summed E-state index contributed by atoms with van der Waals surface area (Å²) in [5.41, 5.74) is 1.82. The molecular weight excluding hydrogens is 298 g/mol. The van der Waals surface area contributed by atoms with Crippen LogP contribution in [0.3, 0.4) is 0 Å². The molecule has 6 heteroatoms. The number of phenolic OH excluding ortho intramolecular Hbond substituents is 1. The number of nitro benzene ring substituents is 1. The number of nitro groups is 1. The molecule has 1 atom stereocenters. The number of rotatable bonds is 6. The Bertz CT molecular complexity index is 724. The molecular formula is C17H17NO5. The maximum atomic E-state index is 11.6. The van der Waals surface area contributed by atoms with Crippen molar-refractivity contribution in [1.29, 1.82) is 0 Å². The van der Waals surface area contributed by atoms with E-state index in [9.17, 15) is 25.1 Å². The summed E-state index contributed by atoms with van der Waals surface area (Å²) in [4.78, 5) is 21.7. The lowest BCUT2D eigenvalue weighted by atomic mass is 9.91. The third kappa shape index (κ3) is 3.85. The van der Waals surface area contributed by atoms with E-state index in [4.69, 9.17) is 0 Å². The van der Waals surface area contributed by atoms with Crippen molar-refractivity contribution in [1.82, 2.24) is 0 Å². The molecule has 0 bridgehead atoms. The molecule has 0 heterocycles. The standard InChI is InChI=1S/C17H17NO5/c1-2-11-3-6-13(7-4-11)14(17(20)21)9-12-5-8-16(19)15(10-12)18(22)23/h3-8,10,14,19H,2,9H2,1H3,(H,20,21). The first kappa shape index (κ1) is 16.5. The summed E-state index contributed by atoms with van der Waals surface area (Å²) in [7, 11) is 0. The van der Waals surface area contributed by atoms with Crippen LogP contribution in [0.2, 0.25) is 0 Å². The Morgan fingerprint density at radius 1 is 1.17 bits per heavy atom. The first-order valence-corrected chi connectivity index (χ1v) is 7.20. The fourth-order valence-electron chi connectivity index (χ4n) is 2.41. The minimum absolute atomic E-state index is 0.113. The van der Waals surface area contributed by atoms with Crippen molar-refractivity contribution in [2.75, 3.05) is 0 Å². The highest BCUT2D eigenvalue weighted by molar-refractivity contribution is 5.76. The van der Waals surface area contributed by atoms with Gasteiger partial charge in [-0.25, -0.2) is 0 Å². The first-order valence-electron chi connectivity index (χ1n) is 7.20. The molecule has 2 aromatic carbocycles. The largest absolute Gasteiger partial charge is 0.502 e. The molecule has 0 saturated heterocycles. The molecule has 0 aliphatic heterocycles. The van der Waals surface area contributed by atoms with Gasteiger partial charge in [0.2, 0.25) is 0 Å². The summed E-state index contributed by atoms with van der Waals surface area (Å²) in [6.45, 7) is 2.01. The quantitative estimate of drug-likeness (QED) is 0.629. The number of aromatic hydroxyl groups is 1. The molecule has 120 valence electrons. The lowest BCUT2D eigenvalue weighted by Crippen LogP contribution is -2.14.